The van der Waals surface area contributed by atoms with E-state index in [0.717, 1.165) is 22.4 Å². The van der Waals surface area contributed by atoms with Gasteiger partial charge in [-0.05, 0) is 30.7 Å². The van der Waals surface area contributed by atoms with Crippen LogP contribution in [0.5, 0.6) is 0 Å². The molecule has 0 fully saturated rings. The molecule has 0 bridgehead atoms. The molecule has 0 spiro atoms. The van der Waals surface area contributed by atoms with Crippen molar-refractivity contribution in [3.8, 4) is 0 Å². The molecule has 104 valence electrons. The minimum absolute atomic E-state index is 0.357. The zero-order valence-electron chi connectivity index (χ0n) is 11.5. The SMILES string of the molecule is Cc1ccc2nc(Cn3c(=O)oc4ccccc43)cn2c1. The summed E-state index contributed by atoms with van der Waals surface area (Å²) in [5.41, 5.74) is 4.25. The number of hydrogen-bond donors (Lipinski definition) is 0. The van der Waals surface area contributed by atoms with Crippen LogP contribution < -0.4 is 5.76 Å². The third-order valence-corrected chi connectivity index (χ3v) is 3.54. The Balaban J connectivity index is 1.82. The number of aromatic nitrogens is 3. The first-order valence-corrected chi connectivity index (χ1v) is 6.73. The van der Waals surface area contributed by atoms with E-state index in [-0.39, 0.29) is 5.76 Å². The minimum Gasteiger partial charge on any atom is -0.408 e. The lowest BCUT2D eigenvalue weighted by Gasteiger charge is -1.97. The van der Waals surface area contributed by atoms with Crippen molar-refractivity contribution in [2.75, 3.05) is 0 Å². The molecule has 0 aliphatic heterocycles. The summed E-state index contributed by atoms with van der Waals surface area (Å²) >= 11 is 0. The Hall–Kier alpha value is -2.82. The van der Waals surface area contributed by atoms with Crippen molar-refractivity contribution in [3.05, 3.63) is 70.6 Å². The van der Waals surface area contributed by atoms with E-state index < -0.39 is 0 Å². The highest BCUT2D eigenvalue weighted by molar-refractivity contribution is 5.72. The van der Waals surface area contributed by atoms with Crippen LogP contribution in [0.4, 0.5) is 0 Å². The molecular weight excluding hydrogens is 266 g/mol. The van der Waals surface area contributed by atoms with E-state index in [2.05, 4.69) is 4.98 Å². The number of aryl methyl sites for hydroxylation is 1. The summed E-state index contributed by atoms with van der Waals surface area (Å²) in [6.07, 6.45) is 3.96. The maximum Gasteiger partial charge on any atom is 0.420 e. The molecule has 3 aromatic heterocycles. The molecule has 0 radical (unpaired) electrons. The quantitative estimate of drug-likeness (QED) is 0.566. The lowest BCUT2D eigenvalue weighted by Crippen LogP contribution is -2.14. The zero-order chi connectivity index (χ0) is 14.4. The summed E-state index contributed by atoms with van der Waals surface area (Å²) in [5.74, 6) is -0.357. The second-order valence-electron chi connectivity index (χ2n) is 5.13. The highest BCUT2D eigenvalue weighted by Gasteiger charge is 2.10. The molecule has 21 heavy (non-hydrogen) atoms. The van der Waals surface area contributed by atoms with Gasteiger partial charge in [0.05, 0.1) is 17.8 Å². The van der Waals surface area contributed by atoms with E-state index in [9.17, 15) is 4.79 Å². The van der Waals surface area contributed by atoms with Gasteiger partial charge in [-0.1, -0.05) is 18.2 Å². The van der Waals surface area contributed by atoms with E-state index >= 15 is 0 Å². The highest BCUT2D eigenvalue weighted by atomic mass is 16.4. The van der Waals surface area contributed by atoms with Gasteiger partial charge in [0, 0.05) is 12.4 Å². The third-order valence-electron chi connectivity index (χ3n) is 3.54. The molecule has 1 aromatic carbocycles. The first-order chi connectivity index (χ1) is 10.2. The Labute approximate surface area is 120 Å². The number of nitrogens with zero attached hydrogens (tertiary/aromatic N) is 3. The third kappa shape index (κ3) is 1.94. The van der Waals surface area contributed by atoms with E-state index in [0.29, 0.717) is 12.1 Å². The Morgan fingerprint density at radius 2 is 2.00 bits per heavy atom. The summed E-state index contributed by atoms with van der Waals surface area (Å²) in [4.78, 5) is 16.5. The molecule has 0 saturated heterocycles. The Morgan fingerprint density at radius 1 is 1.14 bits per heavy atom. The molecule has 0 saturated carbocycles. The number of rotatable bonds is 2. The highest BCUT2D eigenvalue weighted by Crippen LogP contribution is 2.14. The van der Waals surface area contributed by atoms with Crippen LogP contribution in [-0.2, 0) is 6.54 Å². The first-order valence-electron chi connectivity index (χ1n) is 6.73. The lowest BCUT2D eigenvalue weighted by atomic mass is 10.3. The average Bonchev–Trinajstić information content (AvgIpc) is 3.00. The summed E-state index contributed by atoms with van der Waals surface area (Å²) in [5, 5.41) is 0. The van der Waals surface area contributed by atoms with E-state index in [1.807, 2.05) is 54.0 Å². The van der Waals surface area contributed by atoms with Crippen LogP contribution in [0, 0.1) is 6.92 Å². The molecule has 0 aliphatic rings. The Bertz CT molecular complexity index is 1010. The fourth-order valence-corrected chi connectivity index (χ4v) is 2.56. The van der Waals surface area contributed by atoms with Crippen LogP contribution in [0.1, 0.15) is 11.3 Å². The largest absolute Gasteiger partial charge is 0.420 e. The van der Waals surface area contributed by atoms with E-state index in [1.165, 1.54) is 0 Å². The normalized spacial score (nSPS) is 11.5. The van der Waals surface area contributed by atoms with Crippen molar-refractivity contribution >= 4 is 16.7 Å². The molecule has 0 aliphatic carbocycles. The smallest absolute Gasteiger partial charge is 0.408 e. The molecule has 0 amide bonds. The predicted molar refractivity (Wildman–Crippen MR) is 79.5 cm³/mol. The molecule has 4 aromatic rings. The molecule has 0 N–H and O–H groups in total. The maximum atomic E-state index is 12.0. The molecule has 4 rings (SSSR count). The van der Waals surface area contributed by atoms with Gasteiger partial charge in [-0.15, -0.1) is 0 Å². The van der Waals surface area contributed by atoms with Crippen LogP contribution in [0.15, 0.2) is 58.0 Å². The number of imidazole rings is 1. The molecule has 5 heteroatoms. The van der Waals surface area contributed by atoms with E-state index in [4.69, 9.17) is 4.42 Å². The topological polar surface area (TPSA) is 52.4 Å². The zero-order valence-corrected chi connectivity index (χ0v) is 11.5. The van der Waals surface area contributed by atoms with Gasteiger partial charge in [0.25, 0.3) is 0 Å². The van der Waals surface area contributed by atoms with Gasteiger partial charge in [-0.25, -0.2) is 9.78 Å². The monoisotopic (exact) mass is 279 g/mol. The first kappa shape index (κ1) is 12.0. The van der Waals surface area contributed by atoms with Crippen LogP contribution in [0.3, 0.4) is 0 Å². The minimum atomic E-state index is -0.357. The molecule has 3 heterocycles. The van der Waals surface area contributed by atoms with Gasteiger partial charge >= 0.3 is 5.76 Å². The van der Waals surface area contributed by atoms with Crippen LogP contribution in [0.2, 0.25) is 0 Å². The van der Waals surface area contributed by atoms with Crippen LogP contribution in [0.25, 0.3) is 16.7 Å². The number of oxazole rings is 1. The van der Waals surface area contributed by atoms with Crippen molar-refractivity contribution in [3.63, 3.8) is 0 Å². The number of fused-ring (bicyclic) bond motifs is 2. The van der Waals surface area contributed by atoms with Gasteiger partial charge in [0.2, 0.25) is 0 Å². The van der Waals surface area contributed by atoms with Crippen molar-refractivity contribution in [2.24, 2.45) is 0 Å². The molecule has 0 unspecified atom stereocenters. The van der Waals surface area contributed by atoms with Crippen molar-refractivity contribution in [1.82, 2.24) is 14.0 Å². The second-order valence-corrected chi connectivity index (χ2v) is 5.13. The van der Waals surface area contributed by atoms with Gasteiger partial charge < -0.3 is 8.82 Å². The fourth-order valence-electron chi connectivity index (χ4n) is 2.56. The summed E-state index contributed by atoms with van der Waals surface area (Å²) < 4.78 is 8.81. The summed E-state index contributed by atoms with van der Waals surface area (Å²) in [6, 6.07) is 11.4. The van der Waals surface area contributed by atoms with Crippen molar-refractivity contribution < 1.29 is 4.42 Å². The van der Waals surface area contributed by atoms with Crippen LogP contribution in [-0.4, -0.2) is 14.0 Å². The number of pyridine rings is 1. The average molecular weight is 279 g/mol. The molecule has 0 atom stereocenters. The summed E-state index contributed by atoms with van der Waals surface area (Å²) in [6.45, 7) is 2.43. The van der Waals surface area contributed by atoms with Crippen molar-refractivity contribution in [1.29, 1.82) is 0 Å². The number of benzene rings is 1. The van der Waals surface area contributed by atoms with Gasteiger partial charge in [-0.2, -0.15) is 0 Å². The van der Waals surface area contributed by atoms with Crippen LogP contribution >= 0.6 is 0 Å². The maximum absolute atomic E-state index is 12.0. The summed E-state index contributed by atoms with van der Waals surface area (Å²) in [7, 11) is 0. The molecule has 5 nitrogen and oxygen atoms in total. The molecular formula is C16H13N3O2. The number of para-hydroxylation sites is 2. The van der Waals surface area contributed by atoms with Crippen molar-refractivity contribution in [2.45, 2.75) is 13.5 Å². The van der Waals surface area contributed by atoms with E-state index in [1.54, 1.807) is 10.6 Å². The van der Waals surface area contributed by atoms with Gasteiger partial charge in [0.15, 0.2) is 5.58 Å². The Kier molecular flexibility index (Phi) is 2.47. The van der Waals surface area contributed by atoms with Gasteiger partial charge in [-0.3, -0.25) is 4.57 Å². The standard InChI is InChI=1S/C16H13N3O2/c1-11-6-7-15-17-12(9-18(15)8-11)10-19-13-4-2-3-5-14(13)21-16(19)20/h2-9H,10H2,1H3. The lowest BCUT2D eigenvalue weighted by molar-refractivity contribution is 0.516. The fraction of sp³-hybridized carbons (Fsp3) is 0.125. The Morgan fingerprint density at radius 3 is 2.90 bits per heavy atom. The second kappa shape index (κ2) is 4.34. The van der Waals surface area contributed by atoms with Gasteiger partial charge in [0.1, 0.15) is 5.65 Å². The number of hydrogen-bond acceptors (Lipinski definition) is 3. The predicted octanol–water partition coefficient (Wildman–Crippen LogP) is 2.60.